The molecule has 1 aliphatic rings. The van der Waals surface area contributed by atoms with E-state index in [1.54, 1.807) is 0 Å². The van der Waals surface area contributed by atoms with Crippen LogP contribution >= 0.6 is 0 Å². The molecule has 3 heteroatoms. The highest BCUT2D eigenvalue weighted by molar-refractivity contribution is 4.72. The summed E-state index contributed by atoms with van der Waals surface area (Å²) in [7, 11) is 0. The summed E-state index contributed by atoms with van der Waals surface area (Å²) in [4.78, 5) is 2.54. The molecular formula is C13H27NO2. The van der Waals surface area contributed by atoms with Crippen molar-refractivity contribution >= 4 is 0 Å². The molecule has 0 saturated carbocycles. The van der Waals surface area contributed by atoms with E-state index in [-0.39, 0.29) is 0 Å². The number of hydrogen-bond acceptors (Lipinski definition) is 3. The molecule has 16 heavy (non-hydrogen) atoms. The average Bonchev–Trinajstić information content (AvgIpc) is 2.30. The van der Waals surface area contributed by atoms with Crippen LogP contribution in [0.5, 0.6) is 0 Å². The minimum Gasteiger partial charge on any atom is -0.396 e. The Kier molecular flexibility index (Phi) is 7.81. The molecule has 1 aliphatic heterocycles. The highest BCUT2D eigenvalue weighted by Gasteiger charge is 2.18. The van der Waals surface area contributed by atoms with Gasteiger partial charge in [0.2, 0.25) is 0 Å². The topological polar surface area (TPSA) is 43.7 Å². The van der Waals surface area contributed by atoms with Crippen LogP contribution in [0.2, 0.25) is 0 Å². The SMILES string of the molecule is OCCCCCCN1CCCC(CCO)C1. The van der Waals surface area contributed by atoms with E-state index in [0.717, 1.165) is 25.2 Å². The molecule has 0 aliphatic carbocycles. The lowest BCUT2D eigenvalue weighted by Gasteiger charge is -2.32. The minimum absolute atomic E-state index is 0.336. The molecule has 1 fully saturated rings. The predicted octanol–water partition coefficient (Wildman–Crippen LogP) is 1.63. The van der Waals surface area contributed by atoms with E-state index >= 15 is 0 Å². The molecule has 1 atom stereocenters. The van der Waals surface area contributed by atoms with Gasteiger partial charge in [0.1, 0.15) is 0 Å². The molecule has 1 rings (SSSR count). The van der Waals surface area contributed by atoms with Gasteiger partial charge in [0, 0.05) is 19.8 Å². The van der Waals surface area contributed by atoms with Crippen molar-refractivity contribution in [2.24, 2.45) is 5.92 Å². The predicted molar refractivity (Wildman–Crippen MR) is 66.4 cm³/mol. The number of aliphatic hydroxyl groups is 2. The third kappa shape index (κ3) is 5.83. The number of unbranched alkanes of at least 4 members (excludes halogenated alkanes) is 3. The number of likely N-dealkylation sites (tertiary alicyclic amines) is 1. The van der Waals surface area contributed by atoms with E-state index in [0.29, 0.717) is 13.2 Å². The zero-order valence-electron chi connectivity index (χ0n) is 10.4. The second kappa shape index (κ2) is 8.97. The lowest BCUT2D eigenvalue weighted by atomic mass is 9.95. The van der Waals surface area contributed by atoms with E-state index in [1.165, 1.54) is 45.3 Å². The van der Waals surface area contributed by atoms with E-state index in [9.17, 15) is 0 Å². The number of nitrogens with zero attached hydrogens (tertiary/aromatic N) is 1. The summed E-state index contributed by atoms with van der Waals surface area (Å²) >= 11 is 0. The standard InChI is InChI=1S/C13H27NO2/c15-10-4-2-1-3-8-14-9-5-6-13(12-14)7-11-16/h13,15-16H,1-12H2. The van der Waals surface area contributed by atoms with Crippen molar-refractivity contribution < 1.29 is 10.2 Å². The van der Waals surface area contributed by atoms with Gasteiger partial charge in [0.25, 0.3) is 0 Å². The number of aliphatic hydroxyl groups excluding tert-OH is 2. The third-order valence-corrected chi connectivity index (χ3v) is 3.52. The first kappa shape index (κ1) is 13.9. The van der Waals surface area contributed by atoms with Crippen molar-refractivity contribution in [2.75, 3.05) is 32.8 Å². The molecule has 0 aromatic heterocycles. The van der Waals surface area contributed by atoms with Crippen molar-refractivity contribution in [2.45, 2.75) is 44.9 Å². The molecule has 1 saturated heterocycles. The fourth-order valence-corrected chi connectivity index (χ4v) is 2.57. The fourth-order valence-electron chi connectivity index (χ4n) is 2.57. The van der Waals surface area contributed by atoms with Gasteiger partial charge < -0.3 is 15.1 Å². The Morgan fingerprint density at radius 1 is 1.00 bits per heavy atom. The molecule has 1 heterocycles. The van der Waals surface area contributed by atoms with E-state index < -0.39 is 0 Å². The van der Waals surface area contributed by atoms with Crippen LogP contribution in [0.3, 0.4) is 0 Å². The van der Waals surface area contributed by atoms with Crippen molar-refractivity contribution in [3.63, 3.8) is 0 Å². The Balaban J connectivity index is 2.02. The monoisotopic (exact) mass is 229 g/mol. The first-order chi connectivity index (χ1) is 7.86. The quantitative estimate of drug-likeness (QED) is 0.622. The van der Waals surface area contributed by atoms with Crippen LogP contribution in [0.4, 0.5) is 0 Å². The zero-order valence-corrected chi connectivity index (χ0v) is 10.4. The van der Waals surface area contributed by atoms with Gasteiger partial charge >= 0.3 is 0 Å². The maximum atomic E-state index is 8.94. The Labute approximate surface area is 99.5 Å². The highest BCUT2D eigenvalue weighted by Crippen LogP contribution is 2.19. The number of hydrogen-bond donors (Lipinski definition) is 2. The average molecular weight is 229 g/mol. The van der Waals surface area contributed by atoms with Gasteiger partial charge in [0.15, 0.2) is 0 Å². The van der Waals surface area contributed by atoms with Crippen LogP contribution in [-0.4, -0.2) is 48.0 Å². The molecule has 0 spiro atoms. The van der Waals surface area contributed by atoms with Crippen LogP contribution < -0.4 is 0 Å². The molecule has 0 radical (unpaired) electrons. The van der Waals surface area contributed by atoms with Crippen LogP contribution in [0.25, 0.3) is 0 Å². The van der Waals surface area contributed by atoms with Gasteiger partial charge in [-0.15, -0.1) is 0 Å². The summed E-state index contributed by atoms with van der Waals surface area (Å²) < 4.78 is 0. The Morgan fingerprint density at radius 2 is 1.81 bits per heavy atom. The first-order valence-electron chi connectivity index (χ1n) is 6.81. The van der Waals surface area contributed by atoms with Crippen LogP contribution in [0, 0.1) is 5.92 Å². The summed E-state index contributed by atoms with van der Waals surface area (Å²) in [6, 6.07) is 0. The van der Waals surface area contributed by atoms with E-state index in [2.05, 4.69) is 4.90 Å². The fraction of sp³-hybridized carbons (Fsp3) is 1.00. The van der Waals surface area contributed by atoms with Crippen LogP contribution in [0.15, 0.2) is 0 Å². The molecule has 3 nitrogen and oxygen atoms in total. The molecular weight excluding hydrogens is 202 g/mol. The van der Waals surface area contributed by atoms with E-state index in [1.807, 2.05) is 0 Å². The molecule has 0 amide bonds. The summed E-state index contributed by atoms with van der Waals surface area (Å²) in [5.41, 5.74) is 0. The number of piperidine rings is 1. The van der Waals surface area contributed by atoms with Crippen molar-refractivity contribution in [1.82, 2.24) is 4.90 Å². The summed E-state index contributed by atoms with van der Waals surface area (Å²) in [5, 5.41) is 17.6. The van der Waals surface area contributed by atoms with Crippen molar-refractivity contribution in [3.05, 3.63) is 0 Å². The van der Waals surface area contributed by atoms with Gasteiger partial charge in [-0.3, -0.25) is 0 Å². The Bertz CT molecular complexity index is 162. The van der Waals surface area contributed by atoms with Gasteiger partial charge in [-0.05, 0) is 51.1 Å². The molecule has 2 N–H and O–H groups in total. The molecule has 0 aromatic rings. The van der Waals surface area contributed by atoms with Gasteiger partial charge in [-0.2, -0.15) is 0 Å². The Morgan fingerprint density at radius 3 is 2.56 bits per heavy atom. The molecule has 0 bridgehead atoms. The zero-order chi connectivity index (χ0) is 11.6. The third-order valence-electron chi connectivity index (χ3n) is 3.52. The molecule has 1 unspecified atom stereocenters. The minimum atomic E-state index is 0.336. The van der Waals surface area contributed by atoms with Gasteiger partial charge in [-0.1, -0.05) is 12.8 Å². The first-order valence-corrected chi connectivity index (χ1v) is 6.81. The smallest absolute Gasteiger partial charge is 0.0434 e. The largest absolute Gasteiger partial charge is 0.396 e. The molecule has 0 aromatic carbocycles. The van der Waals surface area contributed by atoms with E-state index in [4.69, 9.17) is 10.2 Å². The normalized spacial score (nSPS) is 22.5. The van der Waals surface area contributed by atoms with Gasteiger partial charge in [0.05, 0.1) is 0 Å². The summed E-state index contributed by atoms with van der Waals surface area (Å²) in [5.74, 6) is 0.719. The maximum absolute atomic E-state index is 8.94. The maximum Gasteiger partial charge on any atom is 0.0434 e. The highest BCUT2D eigenvalue weighted by atomic mass is 16.3. The Hall–Kier alpha value is -0.120. The second-order valence-corrected chi connectivity index (χ2v) is 4.96. The van der Waals surface area contributed by atoms with Crippen LogP contribution in [0.1, 0.15) is 44.9 Å². The summed E-state index contributed by atoms with van der Waals surface area (Å²) in [6.45, 7) is 4.30. The van der Waals surface area contributed by atoms with Gasteiger partial charge in [-0.25, -0.2) is 0 Å². The van der Waals surface area contributed by atoms with Crippen molar-refractivity contribution in [3.8, 4) is 0 Å². The van der Waals surface area contributed by atoms with Crippen molar-refractivity contribution in [1.29, 1.82) is 0 Å². The van der Waals surface area contributed by atoms with Crippen LogP contribution in [-0.2, 0) is 0 Å². The number of rotatable bonds is 8. The second-order valence-electron chi connectivity index (χ2n) is 4.96. The lowest BCUT2D eigenvalue weighted by molar-refractivity contribution is 0.146. The molecule has 96 valence electrons. The lowest BCUT2D eigenvalue weighted by Crippen LogP contribution is -2.36. The summed E-state index contributed by atoms with van der Waals surface area (Å²) in [6.07, 6.45) is 8.16.